The fourth-order valence-electron chi connectivity index (χ4n) is 4.56. The van der Waals surface area contributed by atoms with E-state index in [0.717, 1.165) is 64.1 Å². The number of nitrogens with zero attached hydrogens (tertiary/aromatic N) is 2. The number of nitriles is 1. The van der Waals surface area contributed by atoms with Crippen LogP contribution in [-0.2, 0) is 4.79 Å². The molecule has 6 heteroatoms. The van der Waals surface area contributed by atoms with E-state index >= 15 is 0 Å². The number of nitrogens with one attached hydrogen (secondary N) is 1. The Morgan fingerprint density at radius 3 is 2.51 bits per heavy atom. The van der Waals surface area contributed by atoms with Crippen molar-refractivity contribution in [3.05, 3.63) is 106 Å². The number of H-pyrrole nitrogens is 1. The van der Waals surface area contributed by atoms with E-state index in [4.69, 9.17) is 16.7 Å². The molecule has 1 heterocycles. The lowest BCUT2D eigenvalue weighted by Gasteiger charge is -2.32. The number of carbonyl (C=O) groups is 1. The molecule has 0 unspecified atom stereocenters. The summed E-state index contributed by atoms with van der Waals surface area (Å²) in [5.74, 6) is -0.632. The number of rotatable bonds is 6. The number of aromatic amines is 1. The van der Waals surface area contributed by atoms with Gasteiger partial charge in [-0.25, -0.2) is 4.79 Å². The summed E-state index contributed by atoms with van der Waals surface area (Å²) in [7, 11) is 0. The van der Waals surface area contributed by atoms with E-state index in [-0.39, 0.29) is 0 Å². The van der Waals surface area contributed by atoms with Gasteiger partial charge in [-0.3, -0.25) is 5.10 Å². The normalized spacial score (nSPS) is 14.5. The van der Waals surface area contributed by atoms with E-state index in [0.29, 0.717) is 16.5 Å². The van der Waals surface area contributed by atoms with Crippen LogP contribution in [0, 0.1) is 17.2 Å². The lowest BCUT2D eigenvalue weighted by molar-refractivity contribution is -0.131. The standard InChI is InChI=1S/C29H22ClN3O2/c30-25-14-19(16-31)6-11-24(25)29(20-2-1-3-20)28(22-10-12-26-23(15-22)17-32-33-26)21-8-4-18(5-9-21)7-13-27(34)35/h4-15,17,20H,1-3H2,(H,32,33)(H,34,35). The second-order valence-electron chi connectivity index (χ2n) is 8.69. The van der Waals surface area contributed by atoms with Crippen LogP contribution < -0.4 is 0 Å². The minimum atomic E-state index is -0.981. The van der Waals surface area contributed by atoms with E-state index in [1.165, 1.54) is 5.57 Å². The number of hydrogen-bond donors (Lipinski definition) is 2. The first-order valence-corrected chi connectivity index (χ1v) is 11.8. The highest BCUT2D eigenvalue weighted by molar-refractivity contribution is 6.33. The number of fused-ring (bicyclic) bond motifs is 1. The third-order valence-corrected chi connectivity index (χ3v) is 6.83. The number of aliphatic carboxylic acids is 1. The number of aromatic nitrogens is 2. The lowest BCUT2D eigenvalue weighted by Crippen LogP contribution is -2.15. The second-order valence-corrected chi connectivity index (χ2v) is 9.10. The first kappa shape index (κ1) is 22.6. The van der Waals surface area contributed by atoms with Crippen LogP contribution in [0.15, 0.2) is 72.9 Å². The number of halogens is 1. The van der Waals surface area contributed by atoms with Crippen molar-refractivity contribution in [3.8, 4) is 6.07 Å². The molecule has 3 aromatic carbocycles. The smallest absolute Gasteiger partial charge is 0.328 e. The fraction of sp³-hybridized carbons (Fsp3) is 0.138. The molecule has 5 nitrogen and oxygen atoms in total. The number of allylic oxidation sites excluding steroid dienone is 1. The Balaban J connectivity index is 1.75. The van der Waals surface area contributed by atoms with Gasteiger partial charge in [0.2, 0.25) is 0 Å². The Morgan fingerprint density at radius 1 is 1.09 bits per heavy atom. The van der Waals surface area contributed by atoms with Crippen LogP contribution >= 0.6 is 11.6 Å². The molecule has 1 aliphatic rings. The zero-order chi connectivity index (χ0) is 24.4. The zero-order valence-electron chi connectivity index (χ0n) is 18.8. The summed E-state index contributed by atoms with van der Waals surface area (Å²) in [6.45, 7) is 0. The number of carboxylic acids is 1. The summed E-state index contributed by atoms with van der Waals surface area (Å²) in [4.78, 5) is 10.9. The first-order valence-electron chi connectivity index (χ1n) is 11.4. The highest BCUT2D eigenvalue weighted by Crippen LogP contribution is 2.47. The van der Waals surface area contributed by atoms with E-state index in [2.05, 4.69) is 28.4 Å². The molecule has 172 valence electrons. The van der Waals surface area contributed by atoms with Crippen LogP contribution in [0.4, 0.5) is 0 Å². The molecule has 0 aliphatic heterocycles. The van der Waals surface area contributed by atoms with Crippen molar-refractivity contribution in [1.82, 2.24) is 10.2 Å². The SMILES string of the molecule is N#Cc1ccc(C(=C(c2ccc(C=CC(=O)O)cc2)c2ccc3[nH]ncc3c2)C2CCC2)c(Cl)c1. The maximum Gasteiger partial charge on any atom is 0.328 e. The molecule has 0 bridgehead atoms. The van der Waals surface area contributed by atoms with Crippen molar-refractivity contribution in [3.63, 3.8) is 0 Å². The van der Waals surface area contributed by atoms with Gasteiger partial charge in [0.1, 0.15) is 0 Å². The monoisotopic (exact) mass is 479 g/mol. The van der Waals surface area contributed by atoms with Crippen molar-refractivity contribution in [2.75, 3.05) is 0 Å². The van der Waals surface area contributed by atoms with Crippen LogP contribution in [0.5, 0.6) is 0 Å². The fourth-order valence-corrected chi connectivity index (χ4v) is 4.85. The highest BCUT2D eigenvalue weighted by Gasteiger charge is 2.28. The summed E-state index contributed by atoms with van der Waals surface area (Å²) in [5.41, 5.74) is 7.56. The molecule has 0 radical (unpaired) electrons. The van der Waals surface area contributed by atoms with E-state index in [1.54, 1.807) is 12.1 Å². The molecule has 4 aromatic rings. The van der Waals surface area contributed by atoms with Crippen LogP contribution in [-0.4, -0.2) is 21.3 Å². The molecule has 1 saturated carbocycles. The average Bonchev–Trinajstić information content (AvgIpc) is 3.30. The molecule has 1 fully saturated rings. The van der Waals surface area contributed by atoms with Crippen LogP contribution in [0.1, 0.15) is 47.1 Å². The average molecular weight is 480 g/mol. The minimum Gasteiger partial charge on any atom is -0.478 e. The van der Waals surface area contributed by atoms with Gasteiger partial charge in [0.15, 0.2) is 0 Å². The summed E-state index contributed by atoms with van der Waals surface area (Å²) < 4.78 is 0. The van der Waals surface area contributed by atoms with E-state index < -0.39 is 5.97 Å². The number of carboxylic acid groups (broad SMARTS) is 1. The Bertz CT molecular complexity index is 1520. The topological polar surface area (TPSA) is 89.8 Å². The summed E-state index contributed by atoms with van der Waals surface area (Å²) in [6, 6.07) is 21.8. The Hall–Kier alpha value is -4.14. The van der Waals surface area contributed by atoms with Crippen molar-refractivity contribution in [2.24, 2.45) is 5.92 Å². The predicted molar refractivity (Wildman–Crippen MR) is 139 cm³/mol. The van der Waals surface area contributed by atoms with Crippen LogP contribution in [0.25, 0.3) is 28.1 Å². The Labute approximate surface area is 208 Å². The molecule has 0 amide bonds. The van der Waals surface area contributed by atoms with E-state index in [9.17, 15) is 10.1 Å². The first-order chi connectivity index (χ1) is 17.0. The maximum absolute atomic E-state index is 10.9. The van der Waals surface area contributed by atoms with Gasteiger partial charge in [0, 0.05) is 16.5 Å². The van der Waals surface area contributed by atoms with Gasteiger partial charge in [-0.15, -0.1) is 0 Å². The molecule has 2 N–H and O–H groups in total. The van der Waals surface area contributed by atoms with Gasteiger partial charge >= 0.3 is 5.97 Å². The van der Waals surface area contributed by atoms with Gasteiger partial charge in [-0.2, -0.15) is 10.4 Å². The van der Waals surface area contributed by atoms with Gasteiger partial charge in [-0.05, 0) is 82.5 Å². The summed E-state index contributed by atoms with van der Waals surface area (Å²) >= 11 is 6.76. The zero-order valence-corrected chi connectivity index (χ0v) is 19.6. The largest absolute Gasteiger partial charge is 0.478 e. The predicted octanol–water partition coefficient (Wildman–Crippen LogP) is 6.94. The Morgan fingerprint density at radius 2 is 1.86 bits per heavy atom. The molecule has 1 aliphatic carbocycles. The lowest BCUT2D eigenvalue weighted by atomic mass is 9.73. The third kappa shape index (κ3) is 4.62. The molecule has 5 rings (SSSR count). The minimum absolute atomic E-state index is 0.349. The Kier molecular flexibility index (Phi) is 6.22. The molecule has 0 saturated heterocycles. The number of benzene rings is 3. The van der Waals surface area contributed by atoms with Gasteiger partial charge in [-0.1, -0.05) is 54.4 Å². The molecule has 0 spiro atoms. The summed E-state index contributed by atoms with van der Waals surface area (Å²) in [5, 5.41) is 27.1. The van der Waals surface area contributed by atoms with Gasteiger partial charge in [0.05, 0.1) is 23.3 Å². The molecule has 35 heavy (non-hydrogen) atoms. The van der Waals surface area contributed by atoms with Crippen molar-refractivity contribution in [2.45, 2.75) is 19.3 Å². The molecular weight excluding hydrogens is 458 g/mol. The van der Waals surface area contributed by atoms with Crippen molar-refractivity contribution < 1.29 is 9.90 Å². The highest BCUT2D eigenvalue weighted by atomic mass is 35.5. The van der Waals surface area contributed by atoms with Gasteiger partial charge in [0.25, 0.3) is 0 Å². The van der Waals surface area contributed by atoms with Gasteiger partial charge < -0.3 is 5.11 Å². The van der Waals surface area contributed by atoms with Crippen LogP contribution in [0.2, 0.25) is 5.02 Å². The van der Waals surface area contributed by atoms with Crippen molar-refractivity contribution >= 4 is 45.7 Å². The molecule has 0 atom stereocenters. The molecule has 1 aromatic heterocycles. The second kappa shape index (κ2) is 9.61. The van der Waals surface area contributed by atoms with Crippen LogP contribution in [0.3, 0.4) is 0 Å². The van der Waals surface area contributed by atoms with Crippen molar-refractivity contribution in [1.29, 1.82) is 5.26 Å². The molecular formula is C29H22ClN3O2. The third-order valence-electron chi connectivity index (χ3n) is 6.52. The summed E-state index contributed by atoms with van der Waals surface area (Å²) in [6.07, 6.45) is 7.83. The maximum atomic E-state index is 10.9. The quantitative estimate of drug-likeness (QED) is 0.231. The van der Waals surface area contributed by atoms with E-state index in [1.807, 2.05) is 48.7 Å². The number of hydrogen-bond acceptors (Lipinski definition) is 3.